The molecule has 148 valence electrons. The molecule has 0 spiro atoms. The molecule has 3 aromatic rings. The smallest absolute Gasteiger partial charge is 0.336 e. The fourth-order valence-electron chi connectivity index (χ4n) is 4.38. The Morgan fingerprint density at radius 2 is 1.97 bits per heavy atom. The Morgan fingerprint density at radius 3 is 2.76 bits per heavy atom. The van der Waals surface area contributed by atoms with Crippen LogP contribution in [-0.2, 0) is 12.8 Å². The van der Waals surface area contributed by atoms with Gasteiger partial charge in [0.1, 0.15) is 0 Å². The highest BCUT2D eigenvalue weighted by Gasteiger charge is 2.22. The minimum absolute atomic E-state index is 0.371. The van der Waals surface area contributed by atoms with Gasteiger partial charge in [-0.15, -0.1) is 0 Å². The van der Waals surface area contributed by atoms with Gasteiger partial charge in [-0.25, -0.2) is 4.79 Å². The Bertz CT molecular complexity index is 1000. The predicted molar refractivity (Wildman–Crippen MR) is 116 cm³/mol. The number of benzene rings is 2. The monoisotopic (exact) mass is 386 g/mol. The first kappa shape index (κ1) is 19.2. The zero-order valence-corrected chi connectivity index (χ0v) is 16.7. The van der Waals surface area contributed by atoms with Crippen molar-refractivity contribution < 1.29 is 9.90 Å². The maximum absolute atomic E-state index is 11.5. The van der Waals surface area contributed by atoms with Crippen LogP contribution in [-0.4, -0.2) is 23.1 Å². The molecule has 0 saturated heterocycles. The zero-order chi connectivity index (χ0) is 20.2. The van der Waals surface area contributed by atoms with Crippen molar-refractivity contribution in [2.75, 3.05) is 11.9 Å². The highest BCUT2D eigenvalue weighted by atomic mass is 16.4. The van der Waals surface area contributed by atoms with Gasteiger partial charge >= 0.3 is 5.97 Å². The molecule has 29 heavy (non-hydrogen) atoms. The Balaban J connectivity index is 1.53. The quantitative estimate of drug-likeness (QED) is 0.599. The summed E-state index contributed by atoms with van der Waals surface area (Å²) >= 11 is 0. The summed E-state index contributed by atoms with van der Waals surface area (Å²) in [5, 5.41) is 9.40. The Hall–Kier alpha value is -3.14. The summed E-state index contributed by atoms with van der Waals surface area (Å²) in [7, 11) is 2.10. The lowest BCUT2D eigenvalue weighted by Crippen LogP contribution is -2.14. The van der Waals surface area contributed by atoms with E-state index in [-0.39, 0.29) is 0 Å². The molecule has 1 atom stereocenters. The van der Waals surface area contributed by atoms with E-state index in [9.17, 15) is 9.90 Å². The number of carbonyl (C=O) groups is 1. The second kappa shape index (κ2) is 8.48. The SMILES string of the molecule is CN(c1ccccc1)c1ccc2c(c1)CCC[C@H]2CCc1cnccc1C(=O)O. The normalized spacial score (nSPS) is 15.6. The van der Waals surface area contributed by atoms with Crippen LogP contribution < -0.4 is 4.90 Å². The number of pyridine rings is 1. The van der Waals surface area contributed by atoms with E-state index in [1.165, 1.54) is 28.9 Å². The molecule has 4 heteroatoms. The predicted octanol–water partition coefficient (Wildman–Crippen LogP) is 5.60. The highest BCUT2D eigenvalue weighted by molar-refractivity contribution is 5.89. The van der Waals surface area contributed by atoms with Crippen molar-refractivity contribution in [1.82, 2.24) is 4.98 Å². The van der Waals surface area contributed by atoms with E-state index < -0.39 is 5.97 Å². The van der Waals surface area contributed by atoms with E-state index in [4.69, 9.17) is 0 Å². The lowest BCUT2D eigenvalue weighted by Gasteiger charge is -2.28. The number of carboxylic acids is 1. The number of hydrogen-bond acceptors (Lipinski definition) is 3. The Labute approximate surface area is 171 Å². The number of aromatic nitrogens is 1. The zero-order valence-electron chi connectivity index (χ0n) is 16.7. The van der Waals surface area contributed by atoms with Gasteiger partial charge in [0.05, 0.1) is 5.56 Å². The number of aryl methyl sites for hydroxylation is 2. The maximum atomic E-state index is 11.5. The lowest BCUT2D eigenvalue weighted by atomic mass is 9.79. The van der Waals surface area contributed by atoms with Crippen LogP contribution in [0, 0.1) is 0 Å². The molecule has 0 bridgehead atoms. The molecule has 0 saturated carbocycles. The van der Waals surface area contributed by atoms with Crippen LogP contribution in [0.25, 0.3) is 0 Å². The first-order valence-corrected chi connectivity index (χ1v) is 10.2. The van der Waals surface area contributed by atoms with Crippen LogP contribution in [0.3, 0.4) is 0 Å². The van der Waals surface area contributed by atoms with E-state index in [0.29, 0.717) is 11.5 Å². The van der Waals surface area contributed by atoms with Crippen LogP contribution >= 0.6 is 0 Å². The van der Waals surface area contributed by atoms with Crippen molar-refractivity contribution in [3.05, 3.63) is 89.2 Å². The molecule has 0 fully saturated rings. The van der Waals surface area contributed by atoms with Gasteiger partial charge in [-0.3, -0.25) is 4.98 Å². The van der Waals surface area contributed by atoms with E-state index in [1.807, 2.05) is 6.07 Å². The van der Waals surface area contributed by atoms with Crippen LogP contribution in [0.4, 0.5) is 11.4 Å². The van der Waals surface area contributed by atoms with Gasteiger partial charge in [-0.1, -0.05) is 24.3 Å². The summed E-state index contributed by atoms with van der Waals surface area (Å²) < 4.78 is 0. The molecule has 1 N–H and O–H groups in total. The largest absolute Gasteiger partial charge is 0.478 e. The van der Waals surface area contributed by atoms with Gasteiger partial charge in [0, 0.05) is 30.8 Å². The second-order valence-corrected chi connectivity index (χ2v) is 7.74. The molecule has 1 heterocycles. The summed E-state index contributed by atoms with van der Waals surface area (Å²) in [5.74, 6) is -0.406. The molecular formula is C25H26N2O2. The van der Waals surface area contributed by atoms with Gasteiger partial charge in [-0.05, 0) is 85.0 Å². The molecular weight excluding hydrogens is 360 g/mol. The first-order chi connectivity index (χ1) is 14.1. The van der Waals surface area contributed by atoms with E-state index >= 15 is 0 Å². The van der Waals surface area contributed by atoms with Crippen LogP contribution in [0.15, 0.2) is 67.0 Å². The fourth-order valence-corrected chi connectivity index (χ4v) is 4.38. The first-order valence-electron chi connectivity index (χ1n) is 10.2. The van der Waals surface area contributed by atoms with Gasteiger partial charge < -0.3 is 10.0 Å². The summed E-state index contributed by atoms with van der Waals surface area (Å²) in [5.41, 5.74) is 6.42. The molecule has 1 aliphatic carbocycles. The summed E-state index contributed by atoms with van der Waals surface area (Å²) in [6.45, 7) is 0. The number of fused-ring (bicyclic) bond motifs is 1. The molecule has 2 aromatic carbocycles. The molecule has 0 amide bonds. The van der Waals surface area contributed by atoms with Crippen LogP contribution in [0.1, 0.15) is 52.2 Å². The topological polar surface area (TPSA) is 53.4 Å². The lowest BCUT2D eigenvalue weighted by molar-refractivity contribution is 0.0695. The van der Waals surface area contributed by atoms with Crippen molar-refractivity contribution >= 4 is 17.3 Å². The van der Waals surface area contributed by atoms with Gasteiger partial charge in [0.2, 0.25) is 0 Å². The van der Waals surface area contributed by atoms with E-state index in [1.54, 1.807) is 18.5 Å². The molecule has 0 radical (unpaired) electrons. The third-order valence-corrected chi connectivity index (χ3v) is 5.99. The number of hydrogen-bond donors (Lipinski definition) is 1. The van der Waals surface area contributed by atoms with Crippen molar-refractivity contribution in [1.29, 1.82) is 0 Å². The second-order valence-electron chi connectivity index (χ2n) is 7.74. The van der Waals surface area contributed by atoms with E-state index in [2.05, 4.69) is 59.4 Å². The Kier molecular flexibility index (Phi) is 5.61. The molecule has 4 rings (SSSR count). The summed E-state index contributed by atoms with van der Waals surface area (Å²) in [6, 6.07) is 18.8. The van der Waals surface area contributed by atoms with Gasteiger partial charge in [0.25, 0.3) is 0 Å². The summed E-state index contributed by atoms with van der Waals surface area (Å²) in [4.78, 5) is 17.8. The van der Waals surface area contributed by atoms with Crippen LogP contribution in [0.5, 0.6) is 0 Å². The molecule has 1 aromatic heterocycles. The third kappa shape index (κ3) is 4.16. The van der Waals surface area contributed by atoms with Gasteiger partial charge in [0.15, 0.2) is 0 Å². The molecule has 0 aliphatic heterocycles. The molecule has 0 unspecified atom stereocenters. The minimum atomic E-state index is -0.875. The molecule has 1 aliphatic rings. The minimum Gasteiger partial charge on any atom is -0.478 e. The van der Waals surface area contributed by atoms with Crippen molar-refractivity contribution in [3.63, 3.8) is 0 Å². The fraction of sp³-hybridized carbons (Fsp3) is 0.280. The number of para-hydroxylation sites is 1. The van der Waals surface area contributed by atoms with Crippen molar-refractivity contribution in [2.45, 2.75) is 38.0 Å². The van der Waals surface area contributed by atoms with Crippen molar-refractivity contribution in [2.24, 2.45) is 0 Å². The average molecular weight is 386 g/mol. The third-order valence-electron chi connectivity index (χ3n) is 5.99. The van der Waals surface area contributed by atoms with Crippen molar-refractivity contribution in [3.8, 4) is 0 Å². The highest BCUT2D eigenvalue weighted by Crippen LogP contribution is 2.37. The maximum Gasteiger partial charge on any atom is 0.336 e. The average Bonchev–Trinajstić information content (AvgIpc) is 2.77. The van der Waals surface area contributed by atoms with Gasteiger partial charge in [-0.2, -0.15) is 0 Å². The number of anilines is 2. The number of carboxylic acid groups (broad SMARTS) is 1. The molecule has 4 nitrogen and oxygen atoms in total. The van der Waals surface area contributed by atoms with E-state index in [0.717, 1.165) is 31.2 Å². The van der Waals surface area contributed by atoms with Crippen LogP contribution in [0.2, 0.25) is 0 Å². The Morgan fingerprint density at radius 1 is 1.14 bits per heavy atom. The summed E-state index contributed by atoms with van der Waals surface area (Å²) in [6.07, 6.45) is 8.38. The standard InChI is InChI=1S/C25H26N2O2/c1-27(21-8-3-2-4-9-21)22-12-13-23-18(6-5-7-19(23)16-22)10-11-20-17-26-15-14-24(20)25(28)29/h2-4,8-9,12-18H,5-7,10-11H2,1H3,(H,28,29)/t18-/m0/s1. The number of aromatic carboxylic acids is 1. The number of nitrogens with zero attached hydrogens (tertiary/aromatic N) is 2. The number of rotatable bonds is 6.